The molecule has 0 amide bonds. The molecule has 0 aromatic heterocycles. The van der Waals surface area contributed by atoms with Crippen molar-refractivity contribution in [2.24, 2.45) is 0 Å². The Morgan fingerprint density at radius 1 is 0.789 bits per heavy atom. The zero-order valence-corrected chi connectivity index (χ0v) is 12.6. The maximum atomic E-state index is 5.88. The van der Waals surface area contributed by atoms with Gasteiger partial charge in [0.25, 0.3) is 0 Å². The Labute approximate surface area is 115 Å². The van der Waals surface area contributed by atoms with Crippen molar-refractivity contribution in [1.82, 2.24) is 0 Å². The van der Waals surface area contributed by atoms with E-state index in [4.69, 9.17) is 4.43 Å². The summed E-state index contributed by atoms with van der Waals surface area (Å²) in [5.74, 6) is 0. The van der Waals surface area contributed by atoms with Crippen molar-refractivity contribution in [3.05, 3.63) is 54.6 Å². The van der Waals surface area contributed by atoms with Gasteiger partial charge in [0.2, 0.25) is 8.32 Å². The van der Waals surface area contributed by atoms with E-state index in [-0.39, 0.29) is 0 Å². The molecule has 19 heavy (non-hydrogen) atoms. The molecule has 0 aliphatic heterocycles. The molecule has 0 atom stereocenters. The fraction of sp³-hybridized carbons (Fsp3) is 0.176. The molecule has 0 unspecified atom stereocenters. The first-order valence-corrected chi connectivity index (χ1v) is 9.50. The summed E-state index contributed by atoms with van der Waals surface area (Å²) in [6.45, 7) is 4.53. The van der Waals surface area contributed by atoms with Crippen molar-refractivity contribution in [2.45, 2.75) is 13.1 Å². The van der Waals surface area contributed by atoms with Crippen molar-refractivity contribution in [3.8, 4) is 0 Å². The van der Waals surface area contributed by atoms with Crippen LogP contribution in [-0.4, -0.2) is 15.4 Å². The lowest BCUT2D eigenvalue weighted by Crippen LogP contribution is -2.44. The van der Waals surface area contributed by atoms with Crippen LogP contribution >= 0.6 is 0 Å². The van der Waals surface area contributed by atoms with Gasteiger partial charge in [0.1, 0.15) is 0 Å². The molecule has 3 aromatic carbocycles. The van der Waals surface area contributed by atoms with Gasteiger partial charge in [0, 0.05) is 7.11 Å². The van der Waals surface area contributed by atoms with Crippen LogP contribution in [0.5, 0.6) is 0 Å². The molecule has 0 heterocycles. The predicted octanol–water partition coefficient (Wildman–Crippen LogP) is 4.05. The summed E-state index contributed by atoms with van der Waals surface area (Å²) < 4.78 is 5.88. The van der Waals surface area contributed by atoms with Gasteiger partial charge in [-0.3, -0.25) is 0 Å². The second kappa shape index (κ2) is 4.48. The Hall–Kier alpha value is -1.64. The minimum atomic E-state index is -1.88. The summed E-state index contributed by atoms with van der Waals surface area (Å²) >= 11 is 0. The van der Waals surface area contributed by atoms with Crippen molar-refractivity contribution in [2.75, 3.05) is 7.11 Å². The quantitative estimate of drug-likeness (QED) is 0.502. The summed E-state index contributed by atoms with van der Waals surface area (Å²) in [5.41, 5.74) is 0. The molecular weight excluding hydrogens is 248 g/mol. The van der Waals surface area contributed by atoms with Crippen LogP contribution in [-0.2, 0) is 4.43 Å². The molecule has 0 radical (unpaired) electrons. The Morgan fingerprint density at radius 2 is 1.26 bits per heavy atom. The molecule has 0 bridgehead atoms. The predicted molar refractivity (Wildman–Crippen MR) is 85.6 cm³/mol. The minimum Gasteiger partial charge on any atom is -0.416 e. The van der Waals surface area contributed by atoms with Crippen LogP contribution in [0.15, 0.2) is 54.6 Å². The molecule has 3 rings (SSSR count). The van der Waals surface area contributed by atoms with Crippen LogP contribution in [0, 0.1) is 0 Å². The molecule has 0 saturated heterocycles. The largest absolute Gasteiger partial charge is 0.416 e. The van der Waals surface area contributed by atoms with E-state index < -0.39 is 8.32 Å². The lowest BCUT2D eigenvalue weighted by molar-refractivity contribution is 0.417. The monoisotopic (exact) mass is 266 g/mol. The van der Waals surface area contributed by atoms with E-state index in [1.165, 1.54) is 26.7 Å². The summed E-state index contributed by atoms with van der Waals surface area (Å²) in [6, 6.07) is 19.5. The second-order valence-corrected chi connectivity index (χ2v) is 9.34. The van der Waals surface area contributed by atoms with Crippen LogP contribution in [0.3, 0.4) is 0 Å². The highest BCUT2D eigenvalue weighted by atomic mass is 28.4. The maximum Gasteiger partial charge on any atom is 0.218 e. The van der Waals surface area contributed by atoms with Gasteiger partial charge in [0.05, 0.1) is 0 Å². The molecule has 3 aromatic rings. The van der Waals surface area contributed by atoms with Crippen LogP contribution < -0.4 is 5.19 Å². The number of fused-ring (bicyclic) bond motifs is 2. The molecular formula is C17H18OSi. The van der Waals surface area contributed by atoms with Crippen molar-refractivity contribution >= 4 is 35.0 Å². The van der Waals surface area contributed by atoms with Gasteiger partial charge in [-0.25, -0.2) is 0 Å². The Morgan fingerprint density at radius 3 is 1.74 bits per heavy atom. The second-order valence-electron chi connectivity index (χ2n) is 5.41. The molecule has 2 heteroatoms. The highest BCUT2D eigenvalue weighted by Gasteiger charge is 2.28. The average molecular weight is 266 g/mol. The van der Waals surface area contributed by atoms with Gasteiger partial charge in [-0.15, -0.1) is 0 Å². The Kier molecular flexibility index (Phi) is 2.92. The van der Waals surface area contributed by atoms with E-state index in [1.807, 2.05) is 7.11 Å². The van der Waals surface area contributed by atoms with Gasteiger partial charge in [0.15, 0.2) is 0 Å². The summed E-state index contributed by atoms with van der Waals surface area (Å²) in [5, 5.41) is 6.67. The number of hydrogen-bond acceptors (Lipinski definition) is 1. The fourth-order valence-electron chi connectivity index (χ4n) is 2.76. The molecule has 1 nitrogen and oxygen atoms in total. The third-order valence-electron chi connectivity index (χ3n) is 3.88. The van der Waals surface area contributed by atoms with E-state index in [2.05, 4.69) is 67.7 Å². The van der Waals surface area contributed by atoms with Crippen LogP contribution in [0.25, 0.3) is 21.5 Å². The van der Waals surface area contributed by atoms with E-state index in [0.717, 1.165) is 0 Å². The Balaban J connectivity index is 2.54. The van der Waals surface area contributed by atoms with Gasteiger partial charge in [-0.1, -0.05) is 48.5 Å². The normalized spacial score (nSPS) is 12.2. The van der Waals surface area contributed by atoms with Gasteiger partial charge < -0.3 is 4.43 Å². The SMILES string of the molecule is CO[Si](C)(C)c1c2ccccc2cc2ccccc12. The highest BCUT2D eigenvalue weighted by Crippen LogP contribution is 2.24. The standard InChI is InChI=1S/C17H18OSi/c1-18-19(2,3)17-15-10-6-4-8-13(15)12-14-9-5-7-11-16(14)17/h4-12H,1-3H3. The first kappa shape index (κ1) is 12.4. The summed E-state index contributed by atoms with van der Waals surface area (Å²) in [7, 11) is -0.0462. The first-order valence-electron chi connectivity index (χ1n) is 6.59. The van der Waals surface area contributed by atoms with Crippen molar-refractivity contribution < 1.29 is 4.43 Å². The molecule has 96 valence electrons. The van der Waals surface area contributed by atoms with Crippen LogP contribution in [0.1, 0.15) is 0 Å². The lowest BCUT2D eigenvalue weighted by atomic mass is 10.0. The number of hydrogen-bond donors (Lipinski definition) is 0. The van der Waals surface area contributed by atoms with Crippen molar-refractivity contribution in [1.29, 1.82) is 0 Å². The van der Waals surface area contributed by atoms with E-state index >= 15 is 0 Å². The van der Waals surface area contributed by atoms with Gasteiger partial charge >= 0.3 is 0 Å². The molecule has 0 fully saturated rings. The minimum absolute atomic E-state index is 1.30. The Bertz CT molecular complexity index is 692. The third kappa shape index (κ3) is 1.97. The van der Waals surface area contributed by atoms with Crippen LogP contribution in [0.4, 0.5) is 0 Å². The van der Waals surface area contributed by atoms with E-state index in [0.29, 0.717) is 0 Å². The molecule has 0 aliphatic carbocycles. The van der Waals surface area contributed by atoms with Gasteiger partial charge in [-0.2, -0.15) is 0 Å². The third-order valence-corrected chi connectivity index (χ3v) is 6.65. The zero-order valence-electron chi connectivity index (χ0n) is 11.6. The smallest absolute Gasteiger partial charge is 0.218 e. The fourth-order valence-corrected chi connectivity index (χ4v) is 4.72. The summed E-state index contributed by atoms with van der Waals surface area (Å²) in [6.07, 6.45) is 0. The van der Waals surface area contributed by atoms with E-state index in [1.54, 1.807) is 0 Å². The molecule has 0 saturated carbocycles. The molecule has 0 spiro atoms. The zero-order chi connectivity index (χ0) is 13.5. The number of rotatable bonds is 2. The maximum absolute atomic E-state index is 5.88. The first-order chi connectivity index (χ1) is 9.13. The van der Waals surface area contributed by atoms with Gasteiger partial charge in [-0.05, 0) is 45.9 Å². The summed E-state index contributed by atoms with van der Waals surface area (Å²) in [4.78, 5) is 0. The number of benzene rings is 3. The molecule has 0 aliphatic rings. The van der Waals surface area contributed by atoms with Crippen molar-refractivity contribution in [3.63, 3.8) is 0 Å². The topological polar surface area (TPSA) is 9.23 Å². The lowest BCUT2D eigenvalue weighted by Gasteiger charge is -2.24. The highest BCUT2D eigenvalue weighted by molar-refractivity contribution is 6.88. The van der Waals surface area contributed by atoms with E-state index in [9.17, 15) is 0 Å². The van der Waals surface area contributed by atoms with Crippen LogP contribution in [0.2, 0.25) is 13.1 Å². The molecule has 0 N–H and O–H groups in total. The average Bonchev–Trinajstić information content (AvgIpc) is 2.44.